The molecule has 3 N–H and O–H groups in total. The largest absolute Gasteiger partial charge is 0.391 e. The molecule has 0 saturated heterocycles. The number of nitrogens with two attached hydrogens (primary N) is 1. The van der Waals surface area contributed by atoms with Crippen LogP contribution in [-0.4, -0.2) is 16.4 Å². The van der Waals surface area contributed by atoms with E-state index in [0.717, 1.165) is 0 Å². The number of amides is 1. The molecule has 0 atom stereocenters. The average Bonchev–Trinajstić information content (AvgIpc) is 2.38. The van der Waals surface area contributed by atoms with Gasteiger partial charge in [0, 0.05) is 5.56 Å². The van der Waals surface area contributed by atoms with Crippen LogP contribution in [0.4, 0.5) is 4.39 Å². The van der Waals surface area contributed by atoms with Gasteiger partial charge in [0.05, 0.1) is 10.5 Å². The van der Waals surface area contributed by atoms with Gasteiger partial charge in [-0.2, -0.15) is 0 Å². The Hall–Kier alpha value is -1.49. The Morgan fingerprint density at radius 1 is 1.42 bits per heavy atom. The SMILES string of the molecule is CCC(CC)(NC(=O)c1ccc(F)c(C)c1)C(N)=S. The predicted molar refractivity (Wildman–Crippen MR) is 78.7 cm³/mol. The number of hydrogen-bond acceptors (Lipinski definition) is 2. The van der Waals surface area contributed by atoms with Crippen molar-refractivity contribution in [3.8, 4) is 0 Å². The Labute approximate surface area is 118 Å². The van der Waals surface area contributed by atoms with Gasteiger partial charge in [0.15, 0.2) is 0 Å². The molecule has 0 aliphatic carbocycles. The number of carbonyl (C=O) groups is 1. The van der Waals surface area contributed by atoms with E-state index in [1.807, 2.05) is 13.8 Å². The van der Waals surface area contributed by atoms with Crippen molar-refractivity contribution < 1.29 is 9.18 Å². The first-order valence-electron chi connectivity index (χ1n) is 6.25. The first-order valence-corrected chi connectivity index (χ1v) is 6.65. The van der Waals surface area contributed by atoms with Crippen LogP contribution in [0.5, 0.6) is 0 Å². The molecule has 3 nitrogen and oxygen atoms in total. The fourth-order valence-electron chi connectivity index (χ4n) is 1.91. The third-order valence-electron chi connectivity index (χ3n) is 3.45. The number of rotatable bonds is 5. The Balaban J connectivity index is 3.00. The lowest BCUT2D eigenvalue weighted by molar-refractivity contribution is 0.0919. The zero-order valence-corrected chi connectivity index (χ0v) is 12.2. The second kappa shape index (κ2) is 6.10. The molecule has 0 aliphatic heterocycles. The number of aryl methyl sites for hydroxylation is 1. The third kappa shape index (κ3) is 3.29. The highest BCUT2D eigenvalue weighted by Gasteiger charge is 2.31. The summed E-state index contributed by atoms with van der Waals surface area (Å²) in [6.07, 6.45) is 1.23. The van der Waals surface area contributed by atoms with Crippen LogP contribution < -0.4 is 11.1 Å². The molecule has 1 amide bonds. The smallest absolute Gasteiger partial charge is 0.252 e. The molecule has 0 bridgehead atoms. The molecule has 1 rings (SSSR count). The van der Waals surface area contributed by atoms with Crippen molar-refractivity contribution in [2.24, 2.45) is 5.73 Å². The molecule has 5 heteroatoms. The predicted octanol–water partition coefficient (Wildman–Crippen LogP) is 2.71. The maximum Gasteiger partial charge on any atom is 0.252 e. The Morgan fingerprint density at radius 2 is 2.00 bits per heavy atom. The van der Waals surface area contributed by atoms with Gasteiger partial charge in [0.1, 0.15) is 5.82 Å². The van der Waals surface area contributed by atoms with Gasteiger partial charge < -0.3 is 11.1 Å². The molecule has 0 aliphatic rings. The van der Waals surface area contributed by atoms with Crippen LogP contribution in [0, 0.1) is 12.7 Å². The van der Waals surface area contributed by atoms with Crippen molar-refractivity contribution in [1.82, 2.24) is 5.32 Å². The summed E-state index contributed by atoms with van der Waals surface area (Å²) in [7, 11) is 0. The lowest BCUT2D eigenvalue weighted by Crippen LogP contribution is -2.55. The van der Waals surface area contributed by atoms with E-state index in [0.29, 0.717) is 24.0 Å². The van der Waals surface area contributed by atoms with Crippen molar-refractivity contribution in [2.45, 2.75) is 39.2 Å². The second-order valence-electron chi connectivity index (χ2n) is 4.57. The van der Waals surface area contributed by atoms with Crippen LogP contribution in [0.1, 0.15) is 42.6 Å². The Morgan fingerprint density at radius 3 is 2.42 bits per heavy atom. The molecule has 0 spiro atoms. The molecule has 0 unspecified atom stereocenters. The van der Waals surface area contributed by atoms with E-state index >= 15 is 0 Å². The van der Waals surface area contributed by atoms with Gasteiger partial charge in [-0.05, 0) is 43.5 Å². The average molecular weight is 282 g/mol. The minimum atomic E-state index is -0.686. The van der Waals surface area contributed by atoms with E-state index in [-0.39, 0.29) is 16.7 Å². The molecule has 1 aromatic rings. The molecule has 0 fully saturated rings. The number of hydrogen-bond donors (Lipinski definition) is 2. The van der Waals surface area contributed by atoms with E-state index < -0.39 is 5.54 Å². The van der Waals surface area contributed by atoms with Crippen molar-refractivity contribution >= 4 is 23.1 Å². The summed E-state index contributed by atoms with van der Waals surface area (Å²) in [5.41, 5.74) is 5.88. The topological polar surface area (TPSA) is 55.1 Å². The number of nitrogens with one attached hydrogen (secondary N) is 1. The molecule has 104 valence electrons. The molecule has 19 heavy (non-hydrogen) atoms. The van der Waals surface area contributed by atoms with Gasteiger partial charge >= 0.3 is 0 Å². The standard InChI is InChI=1S/C14H19FN2OS/c1-4-14(5-2,13(16)19)17-12(18)10-6-7-11(15)9(3)8-10/h6-8H,4-5H2,1-3H3,(H2,16,19)(H,17,18). The lowest BCUT2D eigenvalue weighted by atomic mass is 9.92. The van der Waals surface area contributed by atoms with Crippen LogP contribution in [0.3, 0.4) is 0 Å². The molecule has 1 aromatic carbocycles. The van der Waals surface area contributed by atoms with Gasteiger partial charge in [-0.1, -0.05) is 26.1 Å². The number of benzene rings is 1. The first-order chi connectivity index (χ1) is 8.86. The van der Waals surface area contributed by atoms with Gasteiger partial charge in [-0.15, -0.1) is 0 Å². The minimum absolute atomic E-state index is 0.268. The minimum Gasteiger partial charge on any atom is -0.391 e. The summed E-state index contributed by atoms with van der Waals surface area (Å²) in [4.78, 5) is 12.5. The fourth-order valence-corrected chi connectivity index (χ4v) is 2.25. The zero-order chi connectivity index (χ0) is 14.6. The summed E-state index contributed by atoms with van der Waals surface area (Å²) >= 11 is 5.05. The van der Waals surface area contributed by atoms with Crippen molar-refractivity contribution in [2.75, 3.05) is 0 Å². The van der Waals surface area contributed by atoms with Gasteiger partial charge in [0.2, 0.25) is 0 Å². The second-order valence-corrected chi connectivity index (χ2v) is 5.01. The first kappa shape index (κ1) is 15.6. The van der Waals surface area contributed by atoms with E-state index in [2.05, 4.69) is 5.32 Å². The summed E-state index contributed by atoms with van der Waals surface area (Å²) in [5.74, 6) is -0.622. The number of thiocarbonyl (C=S) groups is 1. The van der Waals surface area contributed by atoms with Gasteiger partial charge in [-0.25, -0.2) is 4.39 Å². The Bertz CT molecular complexity index is 498. The van der Waals surface area contributed by atoms with Crippen LogP contribution in [0.2, 0.25) is 0 Å². The van der Waals surface area contributed by atoms with E-state index in [1.165, 1.54) is 18.2 Å². The monoisotopic (exact) mass is 282 g/mol. The van der Waals surface area contributed by atoms with Crippen LogP contribution >= 0.6 is 12.2 Å². The van der Waals surface area contributed by atoms with Crippen molar-refractivity contribution in [1.29, 1.82) is 0 Å². The normalized spacial score (nSPS) is 11.2. The summed E-state index contributed by atoms with van der Waals surface area (Å²) in [5, 5.41) is 2.86. The van der Waals surface area contributed by atoms with E-state index in [4.69, 9.17) is 18.0 Å². The quantitative estimate of drug-likeness (QED) is 0.816. The van der Waals surface area contributed by atoms with Gasteiger partial charge in [0.25, 0.3) is 5.91 Å². The fraction of sp³-hybridized carbons (Fsp3) is 0.429. The Kier molecular flexibility index (Phi) is 5.00. The molecule has 0 saturated carbocycles. The van der Waals surface area contributed by atoms with Crippen molar-refractivity contribution in [3.05, 3.63) is 35.1 Å². The summed E-state index contributed by atoms with van der Waals surface area (Å²) in [6.45, 7) is 5.45. The van der Waals surface area contributed by atoms with Crippen molar-refractivity contribution in [3.63, 3.8) is 0 Å². The van der Waals surface area contributed by atoms with Crippen LogP contribution in [0.15, 0.2) is 18.2 Å². The van der Waals surface area contributed by atoms with Crippen LogP contribution in [0.25, 0.3) is 0 Å². The van der Waals surface area contributed by atoms with Crippen LogP contribution in [-0.2, 0) is 0 Å². The third-order valence-corrected chi connectivity index (χ3v) is 3.84. The van der Waals surface area contributed by atoms with E-state index in [1.54, 1.807) is 6.92 Å². The zero-order valence-electron chi connectivity index (χ0n) is 11.4. The number of halogens is 1. The highest BCUT2D eigenvalue weighted by molar-refractivity contribution is 7.80. The highest BCUT2D eigenvalue weighted by Crippen LogP contribution is 2.17. The molecule has 0 aromatic heterocycles. The van der Waals surface area contributed by atoms with E-state index in [9.17, 15) is 9.18 Å². The summed E-state index contributed by atoms with van der Waals surface area (Å²) < 4.78 is 13.2. The summed E-state index contributed by atoms with van der Waals surface area (Å²) in [6, 6.07) is 4.25. The molecule has 0 radical (unpaired) electrons. The molecule has 0 heterocycles. The number of carbonyl (C=O) groups excluding carboxylic acids is 1. The maximum atomic E-state index is 13.2. The molecular weight excluding hydrogens is 263 g/mol. The molecular formula is C14H19FN2OS. The lowest BCUT2D eigenvalue weighted by Gasteiger charge is -2.31. The van der Waals surface area contributed by atoms with Gasteiger partial charge in [-0.3, -0.25) is 4.79 Å². The maximum absolute atomic E-state index is 13.2. The highest BCUT2D eigenvalue weighted by atomic mass is 32.1.